The molecule has 1 aromatic carbocycles. The molecule has 11 heteroatoms. The molecule has 1 saturated heterocycles. The molecule has 142 valence electrons. The van der Waals surface area contributed by atoms with E-state index in [0.717, 1.165) is 15.5 Å². The third kappa shape index (κ3) is 4.85. The van der Waals surface area contributed by atoms with Crippen molar-refractivity contribution < 1.29 is 27.5 Å². The van der Waals surface area contributed by atoms with E-state index in [1.807, 2.05) is 0 Å². The van der Waals surface area contributed by atoms with Crippen LogP contribution in [0.25, 0.3) is 0 Å². The number of amides is 3. The van der Waals surface area contributed by atoms with Gasteiger partial charge in [-0.15, -0.1) is 0 Å². The fraction of sp³-hybridized carbons (Fsp3) is 0.400. The first-order valence-corrected chi connectivity index (χ1v) is 9.84. The van der Waals surface area contributed by atoms with E-state index in [9.17, 15) is 22.8 Å². The van der Waals surface area contributed by atoms with Gasteiger partial charge in [-0.2, -0.15) is 0 Å². The summed E-state index contributed by atoms with van der Waals surface area (Å²) in [6, 6.07) is 5.41. The Morgan fingerprint density at radius 2 is 2.12 bits per heavy atom. The van der Waals surface area contributed by atoms with Crippen LogP contribution in [0.2, 0.25) is 5.02 Å². The molecule has 1 N–H and O–H groups in total. The van der Waals surface area contributed by atoms with Gasteiger partial charge in [0, 0.05) is 18.1 Å². The minimum absolute atomic E-state index is 0.178. The lowest BCUT2D eigenvalue weighted by molar-refractivity contribution is -0.156. The number of halogens is 1. The van der Waals surface area contributed by atoms with E-state index >= 15 is 0 Å². The number of benzene rings is 1. The second-order valence-corrected chi connectivity index (χ2v) is 7.95. The second-order valence-electron chi connectivity index (χ2n) is 5.60. The van der Waals surface area contributed by atoms with Gasteiger partial charge in [0.25, 0.3) is 5.91 Å². The summed E-state index contributed by atoms with van der Waals surface area (Å²) >= 11 is 5.86. The Morgan fingerprint density at radius 1 is 1.42 bits per heavy atom. The second kappa shape index (κ2) is 7.92. The van der Waals surface area contributed by atoms with E-state index in [0.29, 0.717) is 11.6 Å². The first-order valence-electron chi connectivity index (χ1n) is 7.61. The van der Waals surface area contributed by atoms with E-state index in [4.69, 9.17) is 16.3 Å². The lowest BCUT2D eigenvalue weighted by Crippen LogP contribution is -2.43. The summed E-state index contributed by atoms with van der Waals surface area (Å²) in [4.78, 5) is 36.7. The molecule has 0 spiro atoms. The smallest absolute Gasteiger partial charge is 0.327 e. The number of carbonyl (C=O) groups is 3. The zero-order valence-corrected chi connectivity index (χ0v) is 15.7. The van der Waals surface area contributed by atoms with Crippen LogP contribution < -0.4 is 9.62 Å². The van der Waals surface area contributed by atoms with Gasteiger partial charge in [0.15, 0.2) is 6.10 Å². The van der Waals surface area contributed by atoms with Crippen molar-refractivity contribution in [2.45, 2.75) is 13.0 Å². The van der Waals surface area contributed by atoms with Gasteiger partial charge in [0.1, 0.15) is 6.54 Å². The zero-order chi connectivity index (χ0) is 19.5. The number of urea groups is 1. The van der Waals surface area contributed by atoms with Gasteiger partial charge in [-0.25, -0.2) is 13.2 Å². The monoisotopic (exact) mass is 403 g/mol. The average molecular weight is 404 g/mol. The maximum atomic E-state index is 12.1. The third-order valence-corrected chi connectivity index (χ3v) is 4.92. The number of hydrogen-bond donors (Lipinski definition) is 1. The number of sulfonamides is 1. The van der Waals surface area contributed by atoms with Gasteiger partial charge in [0.2, 0.25) is 10.0 Å². The van der Waals surface area contributed by atoms with Crippen LogP contribution in [-0.4, -0.2) is 63.2 Å². The predicted molar refractivity (Wildman–Crippen MR) is 94.3 cm³/mol. The number of carbonyl (C=O) groups excluding carboxylic acids is 3. The van der Waals surface area contributed by atoms with Gasteiger partial charge in [-0.05, 0) is 25.1 Å². The maximum Gasteiger partial charge on any atom is 0.327 e. The first-order chi connectivity index (χ1) is 12.1. The molecule has 1 aliphatic rings. The van der Waals surface area contributed by atoms with Crippen LogP contribution in [0.4, 0.5) is 10.5 Å². The van der Waals surface area contributed by atoms with Gasteiger partial charge in [-0.1, -0.05) is 17.7 Å². The summed E-state index contributed by atoms with van der Waals surface area (Å²) in [5.41, 5.74) is 0.190. The molecule has 1 heterocycles. The summed E-state index contributed by atoms with van der Waals surface area (Å²) in [6.07, 6.45) is -0.295. The number of hydrogen-bond acceptors (Lipinski definition) is 6. The minimum Gasteiger partial charge on any atom is -0.451 e. The van der Waals surface area contributed by atoms with E-state index < -0.39 is 40.6 Å². The average Bonchev–Trinajstić information content (AvgIpc) is 2.96. The first kappa shape index (κ1) is 20.0. The number of ether oxygens (including phenoxy) is 1. The van der Waals surface area contributed by atoms with Crippen LogP contribution in [-0.2, 0) is 24.3 Å². The molecule has 26 heavy (non-hydrogen) atoms. The Balaban J connectivity index is 2.08. The Labute approximate surface area is 155 Å². The molecule has 0 aromatic heterocycles. The van der Waals surface area contributed by atoms with Crippen molar-refractivity contribution in [2.75, 3.05) is 30.2 Å². The Bertz CT molecular complexity index is 828. The summed E-state index contributed by atoms with van der Waals surface area (Å²) < 4.78 is 29.8. The van der Waals surface area contributed by atoms with Crippen LogP contribution in [0.1, 0.15) is 6.92 Å². The van der Waals surface area contributed by atoms with Crippen LogP contribution in [0.15, 0.2) is 24.3 Å². The normalized spacial score (nSPS) is 15.3. The van der Waals surface area contributed by atoms with Crippen molar-refractivity contribution in [2.24, 2.45) is 0 Å². The number of esters is 1. The van der Waals surface area contributed by atoms with Crippen molar-refractivity contribution >= 4 is 45.2 Å². The molecule has 1 fully saturated rings. The summed E-state index contributed by atoms with van der Waals surface area (Å²) in [6.45, 7) is 1.18. The zero-order valence-electron chi connectivity index (χ0n) is 14.1. The molecular weight excluding hydrogens is 386 g/mol. The van der Waals surface area contributed by atoms with Crippen LogP contribution >= 0.6 is 11.6 Å². The molecule has 2 rings (SSSR count). The van der Waals surface area contributed by atoms with Crippen LogP contribution in [0.5, 0.6) is 0 Å². The van der Waals surface area contributed by atoms with E-state index in [-0.39, 0.29) is 12.2 Å². The van der Waals surface area contributed by atoms with Crippen molar-refractivity contribution in [3.8, 4) is 0 Å². The van der Waals surface area contributed by atoms with E-state index in [1.54, 1.807) is 12.1 Å². The molecule has 1 atom stereocenters. The number of nitrogens with one attached hydrogen (secondary N) is 1. The molecule has 1 aromatic rings. The minimum atomic E-state index is -3.80. The highest BCUT2D eigenvalue weighted by Gasteiger charge is 2.32. The molecule has 1 aliphatic heterocycles. The lowest BCUT2D eigenvalue weighted by Gasteiger charge is -2.23. The standard InChI is InChI=1S/C15H18ClN3O6S/c1-10(14(21)18-7-6-17-15(18)22)25-13(20)9-19(26(2,23)24)12-5-3-4-11(16)8-12/h3-5,8,10H,6-7,9H2,1-2H3,(H,17,22)/t10-/m1/s1. The lowest BCUT2D eigenvalue weighted by atomic mass is 10.3. The number of anilines is 1. The highest BCUT2D eigenvalue weighted by Crippen LogP contribution is 2.21. The number of rotatable bonds is 6. The van der Waals surface area contributed by atoms with Gasteiger partial charge in [0.05, 0.1) is 11.9 Å². The predicted octanol–water partition coefficient (Wildman–Crippen LogP) is 0.590. The maximum absolute atomic E-state index is 12.1. The van der Waals surface area contributed by atoms with E-state index in [1.165, 1.54) is 19.1 Å². The van der Waals surface area contributed by atoms with Gasteiger partial charge >= 0.3 is 12.0 Å². The highest BCUT2D eigenvalue weighted by molar-refractivity contribution is 7.92. The highest BCUT2D eigenvalue weighted by atomic mass is 35.5. The number of imide groups is 1. The van der Waals surface area contributed by atoms with Crippen LogP contribution in [0.3, 0.4) is 0 Å². The summed E-state index contributed by atoms with van der Waals surface area (Å²) in [5, 5.41) is 2.76. The molecular formula is C15H18ClN3O6S. The molecule has 9 nitrogen and oxygen atoms in total. The van der Waals surface area contributed by atoms with Gasteiger partial charge in [-0.3, -0.25) is 18.8 Å². The van der Waals surface area contributed by atoms with Crippen molar-refractivity contribution in [1.82, 2.24) is 10.2 Å². The molecule has 0 saturated carbocycles. The molecule has 0 bridgehead atoms. The molecule has 3 amide bonds. The van der Waals surface area contributed by atoms with Crippen molar-refractivity contribution in [1.29, 1.82) is 0 Å². The Hall–Kier alpha value is -2.33. The summed E-state index contributed by atoms with van der Waals surface area (Å²) in [5.74, 6) is -1.61. The molecule has 0 unspecified atom stereocenters. The SMILES string of the molecule is C[C@@H](OC(=O)CN(c1cccc(Cl)c1)S(C)(=O)=O)C(=O)N1CCNC1=O. The third-order valence-electron chi connectivity index (χ3n) is 3.55. The molecule has 0 radical (unpaired) electrons. The largest absolute Gasteiger partial charge is 0.451 e. The molecule has 0 aliphatic carbocycles. The van der Waals surface area contributed by atoms with Crippen molar-refractivity contribution in [3.05, 3.63) is 29.3 Å². The Morgan fingerprint density at radius 3 is 2.65 bits per heavy atom. The van der Waals surface area contributed by atoms with Crippen LogP contribution in [0, 0.1) is 0 Å². The fourth-order valence-corrected chi connectivity index (χ4v) is 3.36. The van der Waals surface area contributed by atoms with Gasteiger partial charge < -0.3 is 10.1 Å². The van der Waals surface area contributed by atoms with E-state index in [2.05, 4.69) is 5.32 Å². The fourth-order valence-electron chi connectivity index (χ4n) is 2.33. The topological polar surface area (TPSA) is 113 Å². The summed E-state index contributed by atoms with van der Waals surface area (Å²) in [7, 11) is -3.80. The Kier molecular flexibility index (Phi) is 6.09. The quantitative estimate of drug-likeness (QED) is 0.695. The van der Waals surface area contributed by atoms with Crippen molar-refractivity contribution in [3.63, 3.8) is 0 Å². The number of nitrogens with zero attached hydrogens (tertiary/aromatic N) is 2.